The normalized spacial score (nSPS) is 27.8. The Hall–Kier alpha value is -1.92. The number of nitrogens with zero attached hydrogens (tertiary/aromatic N) is 4. The first-order valence-electron chi connectivity index (χ1n) is 8.12. The highest BCUT2D eigenvalue weighted by molar-refractivity contribution is 5.11. The van der Waals surface area contributed by atoms with Gasteiger partial charge in [0.2, 0.25) is 5.88 Å². The molecule has 0 amide bonds. The Bertz CT molecular complexity index is 660. The molecule has 0 aliphatic carbocycles. The summed E-state index contributed by atoms with van der Waals surface area (Å²) in [6.45, 7) is 3.61. The molecule has 6 nitrogen and oxygen atoms in total. The van der Waals surface area contributed by atoms with Crippen LogP contribution in [0.2, 0.25) is 0 Å². The predicted octanol–water partition coefficient (Wildman–Crippen LogP) is 1.63. The minimum Gasteiger partial charge on any atom is -0.472 e. The standard InChI is InChI=1S/C17H22N4O2/c1-20-10-14(9-19-20)11-21-7-5-17(13-21)8-15(12-22-17)23-16-4-2-3-6-18-16/h2-4,6,9-10,15H,5,7-8,11-13H2,1H3/t15-,17+/m1/s1. The molecule has 122 valence electrons. The Balaban J connectivity index is 1.34. The Labute approximate surface area is 136 Å². The summed E-state index contributed by atoms with van der Waals surface area (Å²) in [5.74, 6) is 0.684. The quantitative estimate of drug-likeness (QED) is 0.858. The smallest absolute Gasteiger partial charge is 0.213 e. The molecule has 2 aromatic rings. The summed E-state index contributed by atoms with van der Waals surface area (Å²) >= 11 is 0. The van der Waals surface area contributed by atoms with Crippen molar-refractivity contribution in [2.45, 2.75) is 31.1 Å². The van der Waals surface area contributed by atoms with Crippen LogP contribution in [0, 0.1) is 0 Å². The second-order valence-corrected chi connectivity index (χ2v) is 6.59. The third-order valence-corrected chi connectivity index (χ3v) is 4.66. The number of rotatable bonds is 4. The van der Waals surface area contributed by atoms with Gasteiger partial charge in [-0.25, -0.2) is 4.98 Å². The highest BCUT2D eigenvalue weighted by atomic mass is 16.6. The maximum Gasteiger partial charge on any atom is 0.213 e. The van der Waals surface area contributed by atoms with E-state index in [4.69, 9.17) is 9.47 Å². The zero-order valence-electron chi connectivity index (χ0n) is 13.4. The molecule has 0 saturated carbocycles. The summed E-state index contributed by atoms with van der Waals surface area (Å²) in [5.41, 5.74) is 1.20. The van der Waals surface area contributed by atoms with Crippen molar-refractivity contribution in [3.63, 3.8) is 0 Å². The Morgan fingerprint density at radius 1 is 1.43 bits per heavy atom. The van der Waals surface area contributed by atoms with Gasteiger partial charge in [0.05, 0.1) is 18.4 Å². The Kier molecular flexibility index (Phi) is 3.79. The van der Waals surface area contributed by atoms with E-state index in [1.54, 1.807) is 6.20 Å². The van der Waals surface area contributed by atoms with Gasteiger partial charge in [-0.05, 0) is 12.5 Å². The van der Waals surface area contributed by atoms with Crippen LogP contribution in [0.3, 0.4) is 0 Å². The van der Waals surface area contributed by atoms with E-state index in [-0.39, 0.29) is 11.7 Å². The van der Waals surface area contributed by atoms with Crippen molar-refractivity contribution < 1.29 is 9.47 Å². The van der Waals surface area contributed by atoms with Crippen molar-refractivity contribution in [3.8, 4) is 5.88 Å². The molecule has 1 spiro atoms. The van der Waals surface area contributed by atoms with E-state index in [0.717, 1.165) is 32.5 Å². The number of hydrogen-bond donors (Lipinski definition) is 0. The van der Waals surface area contributed by atoms with Gasteiger partial charge in [-0.3, -0.25) is 9.58 Å². The van der Waals surface area contributed by atoms with E-state index in [2.05, 4.69) is 21.2 Å². The number of pyridine rings is 1. The number of hydrogen-bond acceptors (Lipinski definition) is 5. The Morgan fingerprint density at radius 3 is 3.17 bits per heavy atom. The maximum absolute atomic E-state index is 6.14. The molecule has 2 saturated heterocycles. The number of aromatic nitrogens is 3. The molecule has 2 aromatic heterocycles. The zero-order valence-corrected chi connectivity index (χ0v) is 13.4. The molecule has 2 aliphatic heterocycles. The van der Waals surface area contributed by atoms with Crippen LogP contribution in [-0.2, 0) is 18.3 Å². The average Bonchev–Trinajstić information content (AvgIpc) is 3.24. The van der Waals surface area contributed by atoms with Crippen LogP contribution in [-0.4, -0.2) is 51.1 Å². The largest absolute Gasteiger partial charge is 0.472 e. The van der Waals surface area contributed by atoms with Gasteiger partial charge in [-0.15, -0.1) is 0 Å². The molecule has 0 bridgehead atoms. The van der Waals surface area contributed by atoms with Crippen LogP contribution in [0.4, 0.5) is 0 Å². The van der Waals surface area contributed by atoms with Gasteiger partial charge in [0, 0.05) is 57.1 Å². The minimum absolute atomic E-state index is 0.0539. The van der Waals surface area contributed by atoms with Crippen molar-refractivity contribution in [2.75, 3.05) is 19.7 Å². The fraction of sp³-hybridized carbons (Fsp3) is 0.529. The molecule has 2 fully saturated rings. The molecule has 0 radical (unpaired) electrons. The van der Waals surface area contributed by atoms with Gasteiger partial charge < -0.3 is 9.47 Å². The number of likely N-dealkylation sites (tertiary alicyclic amines) is 1. The van der Waals surface area contributed by atoms with Gasteiger partial charge in [-0.1, -0.05) is 6.07 Å². The van der Waals surface area contributed by atoms with E-state index in [9.17, 15) is 0 Å². The van der Waals surface area contributed by atoms with Crippen molar-refractivity contribution in [1.29, 1.82) is 0 Å². The molecule has 0 aromatic carbocycles. The van der Waals surface area contributed by atoms with Crippen LogP contribution >= 0.6 is 0 Å². The second-order valence-electron chi connectivity index (χ2n) is 6.59. The van der Waals surface area contributed by atoms with Crippen molar-refractivity contribution in [1.82, 2.24) is 19.7 Å². The maximum atomic E-state index is 6.14. The predicted molar refractivity (Wildman–Crippen MR) is 85.1 cm³/mol. The van der Waals surface area contributed by atoms with Crippen molar-refractivity contribution >= 4 is 0 Å². The third kappa shape index (κ3) is 3.23. The van der Waals surface area contributed by atoms with E-state index < -0.39 is 0 Å². The number of ether oxygens (including phenoxy) is 2. The molecule has 2 aliphatic rings. The van der Waals surface area contributed by atoms with Crippen LogP contribution in [0.1, 0.15) is 18.4 Å². The van der Waals surface area contributed by atoms with E-state index in [0.29, 0.717) is 12.5 Å². The topological polar surface area (TPSA) is 52.4 Å². The Morgan fingerprint density at radius 2 is 2.39 bits per heavy atom. The van der Waals surface area contributed by atoms with Crippen molar-refractivity contribution in [2.24, 2.45) is 7.05 Å². The highest BCUT2D eigenvalue weighted by Crippen LogP contribution is 2.36. The van der Waals surface area contributed by atoms with E-state index >= 15 is 0 Å². The lowest BCUT2D eigenvalue weighted by atomic mass is 9.98. The van der Waals surface area contributed by atoms with Gasteiger partial charge in [0.1, 0.15) is 6.10 Å². The van der Waals surface area contributed by atoms with Crippen molar-refractivity contribution in [3.05, 3.63) is 42.4 Å². The first-order chi connectivity index (χ1) is 11.2. The third-order valence-electron chi connectivity index (χ3n) is 4.66. The van der Waals surface area contributed by atoms with Crippen LogP contribution < -0.4 is 4.74 Å². The van der Waals surface area contributed by atoms with E-state index in [1.165, 1.54) is 5.56 Å². The molecule has 4 rings (SSSR count). The molecule has 0 N–H and O–H groups in total. The zero-order chi connectivity index (χ0) is 15.7. The molecular formula is C17H22N4O2. The molecule has 6 heteroatoms. The average molecular weight is 314 g/mol. The summed E-state index contributed by atoms with van der Waals surface area (Å²) in [4.78, 5) is 6.68. The van der Waals surface area contributed by atoms with Gasteiger partial charge >= 0.3 is 0 Å². The summed E-state index contributed by atoms with van der Waals surface area (Å²) in [6.07, 6.45) is 7.87. The first-order valence-corrected chi connectivity index (χ1v) is 8.12. The molecule has 2 atom stereocenters. The summed E-state index contributed by atoms with van der Waals surface area (Å²) in [6, 6.07) is 5.74. The fourth-order valence-corrected chi connectivity index (χ4v) is 3.62. The van der Waals surface area contributed by atoms with Crippen LogP contribution in [0.5, 0.6) is 5.88 Å². The van der Waals surface area contributed by atoms with Gasteiger partial charge in [0.15, 0.2) is 0 Å². The lowest BCUT2D eigenvalue weighted by Crippen LogP contribution is -2.33. The second kappa shape index (κ2) is 5.94. The molecule has 23 heavy (non-hydrogen) atoms. The fourth-order valence-electron chi connectivity index (χ4n) is 3.62. The van der Waals surface area contributed by atoms with Gasteiger partial charge in [0.25, 0.3) is 0 Å². The summed E-state index contributed by atoms with van der Waals surface area (Å²) in [5, 5.41) is 4.24. The summed E-state index contributed by atoms with van der Waals surface area (Å²) in [7, 11) is 1.95. The lowest BCUT2D eigenvalue weighted by molar-refractivity contribution is 0.00924. The first kappa shape index (κ1) is 14.7. The SMILES string of the molecule is Cn1cc(CN2CC[C@]3(C[C@@H](Oc4ccccn4)CO3)C2)cn1. The van der Waals surface area contributed by atoms with Gasteiger partial charge in [-0.2, -0.15) is 5.10 Å². The lowest BCUT2D eigenvalue weighted by Gasteiger charge is -2.23. The molecule has 0 unspecified atom stereocenters. The number of aryl methyl sites for hydroxylation is 1. The van der Waals surface area contributed by atoms with Crippen LogP contribution in [0.15, 0.2) is 36.8 Å². The minimum atomic E-state index is -0.0539. The molecule has 4 heterocycles. The highest BCUT2D eigenvalue weighted by Gasteiger charge is 2.46. The summed E-state index contributed by atoms with van der Waals surface area (Å²) < 4.78 is 13.9. The van der Waals surface area contributed by atoms with Crippen LogP contribution in [0.25, 0.3) is 0 Å². The van der Waals surface area contributed by atoms with E-state index in [1.807, 2.05) is 36.1 Å². The monoisotopic (exact) mass is 314 g/mol. The molecular weight excluding hydrogens is 292 g/mol.